The van der Waals surface area contributed by atoms with Crippen LogP contribution in [0, 0.1) is 0 Å². The van der Waals surface area contributed by atoms with Gasteiger partial charge in [0.15, 0.2) is 13.1 Å². The average molecular weight is 241 g/mol. The van der Waals surface area contributed by atoms with Gasteiger partial charge in [0.1, 0.15) is 13.2 Å². The van der Waals surface area contributed by atoms with Crippen LogP contribution >= 0.6 is 0 Å². The first kappa shape index (κ1) is 14.3. The van der Waals surface area contributed by atoms with Gasteiger partial charge in [0.2, 0.25) is 10.4 Å². The maximum Gasteiger partial charge on any atom is 0.323 e. The van der Waals surface area contributed by atoms with Crippen molar-refractivity contribution >= 4 is 16.8 Å². The zero-order valence-corrected chi connectivity index (χ0v) is 9.53. The smallest absolute Gasteiger partial charge is 0.323 e. The van der Waals surface area contributed by atoms with Crippen LogP contribution in [0.1, 0.15) is 0 Å². The van der Waals surface area contributed by atoms with Gasteiger partial charge < -0.3 is 14.0 Å². The summed E-state index contributed by atoms with van der Waals surface area (Å²) in [6.45, 7) is 3.54. The highest BCUT2D eigenvalue weighted by Crippen LogP contribution is 1.86. The first-order valence-electron chi connectivity index (χ1n) is 4.19. The minimum Gasteiger partial charge on any atom is -0.726 e. The summed E-state index contributed by atoms with van der Waals surface area (Å²) in [6.07, 6.45) is 1.74. The molecule has 0 N–H and O–H groups in total. The molecule has 1 aliphatic rings. The van der Waals surface area contributed by atoms with Gasteiger partial charge in [-0.25, -0.2) is 13.0 Å². The number of methoxy groups -OCH3 is 1. The molecule has 0 saturated carbocycles. The molecule has 90 valence electrons. The Balaban J connectivity index is 0.000000288. The van der Waals surface area contributed by atoms with Crippen molar-refractivity contribution in [2.75, 3.05) is 40.5 Å². The van der Waals surface area contributed by atoms with Crippen LogP contribution in [0.3, 0.4) is 0 Å². The molecule has 7 nitrogen and oxygen atoms in total. The van der Waals surface area contributed by atoms with Gasteiger partial charge in [0.25, 0.3) is 0 Å². The summed E-state index contributed by atoms with van der Waals surface area (Å²) in [5.41, 5.74) is 0. The Labute approximate surface area is 89.2 Å². The van der Waals surface area contributed by atoms with Crippen molar-refractivity contribution in [3.8, 4) is 0 Å². The number of rotatable bonds is 2. The predicted molar refractivity (Wildman–Crippen MR) is 50.6 cm³/mol. The van der Waals surface area contributed by atoms with E-state index >= 15 is 0 Å². The number of hydrogen-bond donors (Lipinski definition) is 0. The molecule has 15 heavy (non-hydrogen) atoms. The first-order valence-corrected chi connectivity index (χ1v) is 5.52. The Hall–Kier alpha value is -0.700. The molecule has 0 spiro atoms. The summed E-state index contributed by atoms with van der Waals surface area (Å²) < 4.78 is 43.1. The third-order valence-corrected chi connectivity index (χ3v) is 1.91. The monoisotopic (exact) mass is 241 g/mol. The van der Waals surface area contributed by atoms with Gasteiger partial charge >= 0.3 is 6.40 Å². The lowest BCUT2D eigenvalue weighted by atomic mass is 10.5. The molecule has 0 unspecified atom stereocenters. The Bertz CT molecular complexity index is 278. The van der Waals surface area contributed by atoms with E-state index in [1.54, 1.807) is 13.5 Å². The van der Waals surface area contributed by atoms with Gasteiger partial charge in [-0.3, -0.25) is 4.18 Å². The number of morpholine rings is 1. The molecule has 1 rings (SSSR count). The Morgan fingerprint density at radius 3 is 2.13 bits per heavy atom. The molecule has 0 atom stereocenters. The second-order valence-electron chi connectivity index (χ2n) is 2.56. The van der Waals surface area contributed by atoms with Gasteiger partial charge in [0, 0.05) is 0 Å². The summed E-state index contributed by atoms with van der Waals surface area (Å²) in [5, 5.41) is 0. The van der Waals surface area contributed by atoms with Crippen molar-refractivity contribution in [2.45, 2.75) is 0 Å². The Morgan fingerprint density at radius 2 is 1.80 bits per heavy atom. The van der Waals surface area contributed by atoms with E-state index in [0.717, 1.165) is 33.4 Å². The van der Waals surface area contributed by atoms with E-state index in [1.807, 2.05) is 0 Å². The molecular formula is C7H15NO6S. The standard InChI is InChI=1S/C6H12NO2.CH4O4S/c1-8-6-7-2-4-9-5-3-7;1-5-6(2,3)4/h6H,2-5H2,1H3;1H3,(H,2,3,4)/q+1;/p-1. The number of nitrogens with zero attached hydrogens (tertiary/aromatic N) is 1. The summed E-state index contributed by atoms with van der Waals surface area (Å²) in [4.78, 5) is 0. The highest BCUT2D eigenvalue weighted by molar-refractivity contribution is 7.80. The molecule has 0 aromatic heterocycles. The van der Waals surface area contributed by atoms with Gasteiger partial charge in [-0.1, -0.05) is 0 Å². The Kier molecular flexibility index (Phi) is 7.22. The van der Waals surface area contributed by atoms with E-state index in [4.69, 9.17) is 9.47 Å². The molecule has 0 aromatic carbocycles. The minimum atomic E-state index is -4.41. The number of ether oxygens (including phenoxy) is 2. The fourth-order valence-corrected chi connectivity index (χ4v) is 0.832. The molecule has 1 heterocycles. The lowest BCUT2D eigenvalue weighted by molar-refractivity contribution is -0.551. The molecule has 0 aromatic rings. The van der Waals surface area contributed by atoms with Crippen LogP contribution in [0.15, 0.2) is 0 Å². The van der Waals surface area contributed by atoms with Crippen molar-refractivity contribution in [2.24, 2.45) is 0 Å². The highest BCUT2D eigenvalue weighted by Gasteiger charge is 2.09. The van der Waals surface area contributed by atoms with Crippen molar-refractivity contribution in [3.05, 3.63) is 0 Å². The van der Waals surface area contributed by atoms with Crippen LogP contribution in [-0.4, -0.2) is 64.5 Å². The van der Waals surface area contributed by atoms with Crippen molar-refractivity contribution < 1.29 is 31.2 Å². The lowest BCUT2D eigenvalue weighted by Gasteiger charge is -2.08. The van der Waals surface area contributed by atoms with Crippen LogP contribution < -0.4 is 0 Å². The van der Waals surface area contributed by atoms with Crippen molar-refractivity contribution in [1.82, 2.24) is 0 Å². The second-order valence-corrected chi connectivity index (χ2v) is 3.71. The fourth-order valence-electron chi connectivity index (χ4n) is 0.832. The van der Waals surface area contributed by atoms with Crippen molar-refractivity contribution in [1.29, 1.82) is 0 Å². The van der Waals surface area contributed by atoms with E-state index in [1.165, 1.54) is 0 Å². The van der Waals surface area contributed by atoms with E-state index in [9.17, 15) is 13.0 Å². The maximum absolute atomic E-state index is 9.22. The first-order chi connectivity index (χ1) is 6.99. The molecule has 0 amide bonds. The summed E-state index contributed by atoms with van der Waals surface area (Å²) in [5.74, 6) is 0. The normalized spacial score (nSPS) is 16.3. The predicted octanol–water partition coefficient (Wildman–Crippen LogP) is -1.20. The number of hydrogen-bond acceptors (Lipinski definition) is 6. The zero-order valence-electron chi connectivity index (χ0n) is 8.71. The minimum absolute atomic E-state index is 0.808. The maximum atomic E-state index is 9.22. The second kappa shape index (κ2) is 7.57. The SMILES string of the molecule is COC=[N+]1CCOCC1.COS(=O)(=O)[O-]. The summed E-state index contributed by atoms with van der Waals surface area (Å²) >= 11 is 0. The lowest BCUT2D eigenvalue weighted by Crippen LogP contribution is -2.29. The largest absolute Gasteiger partial charge is 0.726 e. The molecule has 8 heteroatoms. The quantitative estimate of drug-likeness (QED) is 0.261. The zero-order chi connectivity index (χ0) is 11.7. The highest BCUT2D eigenvalue weighted by atomic mass is 32.3. The summed E-state index contributed by atoms with van der Waals surface area (Å²) in [7, 11) is -1.94. The molecule has 1 saturated heterocycles. The fraction of sp³-hybridized carbons (Fsp3) is 0.857. The molecule has 1 fully saturated rings. The van der Waals surface area contributed by atoms with Crippen LogP contribution in [0.5, 0.6) is 0 Å². The molecule has 1 aliphatic heterocycles. The molecular weight excluding hydrogens is 226 g/mol. The third-order valence-electron chi connectivity index (χ3n) is 1.50. The van der Waals surface area contributed by atoms with Gasteiger partial charge in [-0.2, -0.15) is 0 Å². The van der Waals surface area contributed by atoms with E-state index in [-0.39, 0.29) is 0 Å². The van der Waals surface area contributed by atoms with Crippen LogP contribution in [-0.2, 0) is 24.1 Å². The summed E-state index contributed by atoms with van der Waals surface area (Å²) in [6, 6.07) is 0. The topological polar surface area (TPSA) is 87.9 Å². The van der Waals surface area contributed by atoms with Gasteiger partial charge in [0.05, 0.1) is 14.2 Å². The Morgan fingerprint density at radius 1 is 1.33 bits per heavy atom. The van der Waals surface area contributed by atoms with E-state index < -0.39 is 10.4 Å². The third kappa shape index (κ3) is 9.60. The van der Waals surface area contributed by atoms with E-state index in [2.05, 4.69) is 8.76 Å². The van der Waals surface area contributed by atoms with Crippen LogP contribution in [0.4, 0.5) is 0 Å². The van der Waals surface area contributed by atoms with Gasteiger partial charge in [-0.05, 0) is 0 Å². The van der Waals surface area contributed by atoms with Crippen LogP contribution in [0.25, 0.3) is 0 Å². The molecule has 0 aliphatic carbocycles. The van der Waals surface area contributed by atoms with Gasteiger partial charge in [-0.15, -0.1) is 0 Å². The molecule has 0 bridgehead atoms. The van der Waals surface area contributed by atoms with Crippen LogP contribution in [0.2, 0.25) is 0 Å². The van der Waals surface area contributed by atoms with Crippen molar-refractivity contribution in [3.63, 3.8) is 0 Å². The van der Waals surface area contributed by atoms with E-state index in [0.29, 0.717) is 0 Å². The average Bonchev–Trinajstić information content (AvgIpc) is 2.20. The molecule has 0 radical (unpaired) electrons.